The first kappa shape index (κ1) is 23.2. The summed E-state index contributed by atoms with van der Waals surface area (Å²) in [7, 11) is 2.61. The molecule has 1 aliphatic heterocycles. The first-order chi connectivity index (χ1) is 14.1. The maximum absolute atomic E-state index is 13.0. The number of likely N-dealkylation sites (tertiary alicyclic amines) is 1. The van der Waals surface area contributed by atoms with Gasteiger partial charge >= 0.3 is 18.0 Å². The molecule has 0 aliphatic carbocycles. The van der Waals surface area contributed by atoms with Gasteiger partial charge in [-0.1, -0.05) is 30.4 Å². The maximum Gasteiger partial charge on any atom is 0.412 e. The summed E-state index contributed by atoms with van der Waals surface area (Å²) in [6.07, 6.45) is 5.42. The number of ether oxygens (including phenoxy) is 3. The molecule has 1 saturated heterocycles. The van der Waals surface area contributed by atoms with E-state index in [1.165, 1.54) is 25.2 Å². The minimum Gasteiger partial charge on any atom is -0.467 e. The van der Waals surface area contributed by atoms with Gasteiger partial charge < -0.3 is 14.2 Å². The molecule has 2 rings (SSSR count). The molecule has 0 spiro atoms. The van der Waals surface area contributed by atoms with Gasteiger partial charge in [-0.3, -0.25) is 4.90 Å². The molecule has 162 valence electrons. The Morgan fingerprint density at radius 1 is 1.13 bits per heavy atom. The Morgan fingerprint density at radius 3 is 2.27 bits per heavy atom. The molecule has 0 unspecified atom stereocenters. The van der Waals surface area contributed by atoms with Gasteiger partial charge in [0, 0.05) is 0 Å². The first-order valence-electron chi connectivity index (χ1n) is 9.69. The number of benzene rings is 1. The zero-order valence-corrected chi connectivity index (χ0v) is 18.1. The summed E-state index contributed by atoms with van der Waals surface area (Å²) in [6, 6.07) is 6.48. The molecule has 7 heteroatoms. The van der Waals surface area contributed by atoms with Crippen molar-refractivity contribution in [2.75, 3.05) is 14.2 Å². The van der Waals surface area contributed by atoms with Crippen LogP contribution in [0.5, 0.6) is 0 Å². The zero-order chi connectivity index (χ0) is 22.5. The Balaban J connectivity index is 2.33. The van der Waals surface area contributed by atoms with Gasteiger partial charge in [-0.2, -0.15) is 0 Å². The van der Waals surface area contributed by atoms with Crippen molar-refractivity contribution in [1.82, 2.24) is 4.90 Å². The molecule has 0 N–H and O–H groups in total. The van der Waals surface area contributed by atoms with Crippen LogP contribution in [0.4, 0.5) is 4.79 Å². The second kappa shape index (κ2) is 9.15. The fourth-order valence-corrected chi connectivity index (χ4v) is 3.44. The van der Waals surface area contributed by atoms with Gasteiger partial charge in [0.2, 0.25) is 0 Å². The molecule has 1 aromatic carbocycles. The summed E-state index contributed by atoms with van der Waals surface area (Å²) in [6.45, 7) is 9.08. The summed E-state index contributed by atoms with van der Waals surface area (Å²) in [5.74, 6) is -0.965. The van der Waals surface area contributed by atoms with E-state index in [2.05, 4.69) is 6.58 Å². The molecule has 7 nitrogen and oxygen atoms in total. The van der Waals surface area contributed by atoms with E-state index in [0.717, 1.165) is 5.56 Å². The largest absolute Gasteiger partial charge is 0.467 e. The van der Waals surface area contributed by atoms with E-state index in [1.807, 2.05) is 12.2 Å². The number of amides is 1. The fraction of sp³-hybridized carbons (Fsp3) is 0.435. The highest BCUT2D eigenvalue weighted by Crippen LogP contribution is 2.38. The highest BCUT2D eigenvalue weighted by atomic mass is 16.6. The summed E-state index contributed by atoms with van der Waals surface area (Å²) in [5, 5.41) is 0. The van der Waals surface area contributed by atoms with Crippen LogP contribution in [0, 0.1) is 0 Å². The lowest BCUT2D eigenvalue weighted by Gasteiger charge is -2.36. The Hall–Kier alpha value is -3.09. The molecule has 1 aliphatic rings. The predicted octanol–water partition coefficient (Wildman–Crippen LogP) is 3.98. The lowest BCUT2D eigenvalue weighted by Crippen LogP contribution is -2.55. The molecule has 0 saturated carbocycles. The minimum atomic E-state index is -1.29. The Bertz CT molecular complexity index is 836. The van der Waals surface area contributed by atoms with Gasteiger partial charge in [-0.05, 0) is 51.3 Å². The second-order valence-electron chi connectivity index (χ2n) is 8.05. The van der Waals surface area contributed by atoms with Crippen molar-refractivity contribution in [2.45, 2.75) is 50.8 Å². The van der Waals surface area contributed by atoms with Crippen molar-refractivity contribution in [3.8, 4) is 0 Å². The quantitative estimate of drug-likeness (QED) is 0.411. The number of carbonyl (C=O) groups excluding carboxylic acids is 3. The molecule has 30 heavy (non-hydrogen) atoms. The third-order valence-corrected chi connectivity index (χ3v) is 4.89. The molecule has 1 amide bonds. The van der Waals surface area contributed by atoms with E-state index >= 15 is 0 Å². The monoisotopic (exact) mass is 415 g/mol. The van der Waals surface area contributed by atoms with Crippen molar-refractivity contribution in [3.63, 3.8) is 0 Å². The van der Waals surface area contributed by atoms with Gasteiger partial charge in [-0.15, -0.1) is 6.58 Å². The average Bonchev–Trinajstić information content (AvgIpc) is 3.10. The summed E-state index contributed by atoms with van der Waals surface area (Å²) >= 11 is 0. The van der Waals surface area contributed by atoms with Crippen LogP contribution in [0.3, 0.4) is 0 Å². The molecular formula is C23H29NO6. The van der Waals surface area contributed by atoms with Gasteiger partial charge in [0.25, 0.3) is 0 Å². The lowest BCUT2D eigenvalue weighted by atomic mass is 9.97. The molecule has 2 atom stereocenters. The van der Waals surface area contributed by atoms with E-state index in [0.29, 0.717) is 18.4 Å². The standard InChI is InChI=1S/C23H29NO6/c1-7-23(20(26)29-6)15-14-18(24(23)21(27)30-22(2,3)4)13-10-16-8-11-17(12-9-16)19(25)28-5/h7-13,18H,1,14-15H2,2-6H3/b13-10+/t18-,23+/m0/s1. The zero-order valence-electron chi connectivity index (χ0n) is 18.1. The van der Waals surface area contributed by atoms with Crippen LogP contribution >= 0.6 is 0 Å². The van der Waals surface area contributed by atoms with Crippen molar-refractivity contribution >= 4 is 24.1 Å². The fourth-order valence-electron chi connectivity index (χ4n) is 3.44. The van der Waals surface area contributed by atoms with Crippen LogP contribution in [0.1, 0.15) is 49.5 Å². The molecule has 1 heterocycles. The molecule has 0 bridgehead atoms. The van der Waals surface area contributed by atoms with Crippen LogP contribution in [0.25, 0.3) is 6.08 Å². The Kier molecular flexibility index (Phi) is 7.08. The van der Waals surface area contributed by atoms with Crippen LogP contribution in [-0.4, -0.2) is 54.3 Å². The lowest BCUT2D eigenvalue weighted by molar-refractivity contribution is -0.150. The number of rotatable bonds is 5. The van der Waals surface area contributed by atoms with Gasteiger partial charge in [0.1, 0.15) is 5.60 Å². The van der Waals surface area contributed by atoms with E-state index < -0.39 is 35.2 Å². The first-order valence-corrected chi connectivity index (χ1v) is 9.69. The maximum atomic E-state index is 13.0. The van der Waals surface area contributed by atoms with Gasteiger partial charge in [-0.25, -0.2) is 14.4 Å². The smallest absolute Gasteiger partial charge is 0.412 e. The second-order valence-corrected chi connectivity index (χ2v) is 8.05. The molecule has 0 radical (unpaired) electrons. The predicted molar refractivity (Wildman–Crippen MR) is 113 cm³/mol. The SMILES string of the molecule is C=C[C@]1(C(=O)OC)CC[C@H](/C=C/c2ccc(C(=O)OC)cc2)N1C(=O)OC(C)(C)C. The van der Waals surface area contributed by atoms with E-state index in [4.69, 9.17) is 14.2 Å². The highest BCUT2D eigenvalue weighted by Gasteiger charge is 2.53. The van der Waals surface area contributed by atoms with Crippen molar-refractivity contribution in [3.05, 3.63) is 54.1 Å². The normalized spacial score (nSPS) is 21.4. The third-order valence-electron chi connectivity index (χ3n) is 4.89. The number of esters is 2. The average molecular weight is 415 g/mol. The Labute approximate surface area is 177 Å². The highest BCUT2D eigenvalue weighted by molar-refractivity contribution is 5.90. The van der Waals surface area contributed by atoms with Crippen LogP contribution < -0.4 is 0 Å². The Morgan fingerprint density at radius 2 is 1.77 bits per heavy atom. The van der Waals surface area contributed by atoms with Gasteiger partial charge in [0.05, 0.1) is 25.8 Å². The van der Waals surface area contributed by atoms with Crippen molar-refractivity contribution < 1.29 is 28.6 Å². The third kappa shape index (κ3) is 4.90. The van der Waals surface area contributed by atoms with E-state index in [9.17, 15) is 14.4 Å². The van der Waals surface area contributed by atoms with Crippen molar-refractivity contribution in [2.24, 2.45) is 0 Å². The number of methoxy groups -OCH3 is 2. The summed E-state index contributed by atoms with van der Waals surface area (Å²) < 4.78 is 15.2. The summed E-state index contributed by atoms with van der Waals surface area (Å²) in [5.41, 5.74) is -0.732. The molecule has 1 aromatic rings. The molecule has 0 aromatic heterocycles. The summed E-state index contributed by atoms with van der Waals surface area (Å²) in [4.78, 5) is 38.5. The van der Waals surface area contributed by atoms with Gasteiger partial charge in [0.15, 0.2) is 5.54 Å². The van der Waals surface area contributed by atoms with E-state index in [1.54, 1.807) is 45.0 Å². The number of hydrogen-bond donors (Lipinski definition) is 0. The van der Waals surface area contributed by atoms with Crippen LogP contribution in [0.15, 0.2) is 43.0 Å². The topological polar surface area (TPSA) is 82.1 Å². The van der Waals surface area contributed by atoms with E-state index in [-0.39, 0.29) is 0 Å². The van der Waals surface area contributed by atoms with Crippen LogP contribution in [-0.2, 0) is 19.0 Å². The van der Waals surface area contributed by atoms with Crippen LogP contribution in [0.2, 0.25) is 0 Å². The number of hydrogen-bond acceptors (Lipinski definition) is 6. The number of carbonyl (C=O) groups is 3. The minimum absolute atomic E-state index is 0.374. The number of nitrogens with zero attached hydrogens (tertiary/aromatic N) is 1. The molecular weight excluding hydrogens is 386 g/mol. The van der Waals surface area contributed by atoms with Crippen molar-refractivity contribution in [1.29, 1.82) is 0 Å². The molecule has 1 fully saturated rings.